The lowest BCUT2D eigenvalue weighted by Crippen LogP contribution is -2.47. The number of hydrogen-bond acceptors (Lipinski definition) is 2. The minimum Gasteiger partial charge on any atom is -0.324 e. The molecule has 68 valence electrons. The molecule has 1 rings (SSSR count). The van der Waals surface area contributed by atoms with Crippen LogP contribution in [0.3, 0.4) is 0 Å². The first kappa shape index (κ1) is 10.8. The van der Waals surface area contributed by atoms with Crippen molar-refractivity contribution in [3.05, 3.63) is 0 Å². The van der Waals surface area contributed by atoms with E-state index in [-0.39, 0.29) is 6.04 Å². The summed E-state index contributed by atoms with van der Waals surface area (Å²) in [5.41, 5.74) is 5.45. The van der Waals surface area contributed by atoms with Crippen LogP contribution in [0.1, 0.15) is 20.3 Å². The molecular formula is C8H19FN2. The van der Waals surface area contributed by atoms with Crippen molar-refractivity contribution in [3.63, 3.8) is 0 Å². The summed E-state index contributed by atoms with van der Waals surface area (Å²) in [7, 11) is 1.96. The molecule has 11 heavy (non-hydrogen) atoms. The highest BCUT2D eigenvalue weighted by atomic mass is 19.1. The molecule has 1 heterocycles. The quantitative estimate of drug-likeness (QED) is 0.576. The largest absolute Gasteiger partial charge is 0.324 e. The van der Waals surface area contributed by atoms with E-state index in [1.165, 1.54) is 0 Å². The van der Waals surface area contributed by atoms with Crippen LogP contribution >= 0.6 is 0 Å². The molecule has 0 radical (unpaired) electrons. The van der Waals surface area contributed by atoms with E-state index in [1.807, 2.05) is 20.9 Å². The molecule has 3 heteroatoms. The molecule has 1 saturated heterocycles. The van der Waals surface area contributed by atoms with Crippen LogP contribution in [0.25, 0.3) is 0 Å². The molecule has 0 aromatic rings. The Bertz CT molecular complexity index is 98.1. The fourth-order valence-corrected chi connectivity index (χ4v) is 1.12. The van der Waals surface area contributed by atoms with Crippen molar-refractivity contribution in [1.29, 1.82) is 0 Å². The molecule has 0 aromatic heterocycles. The molecule has 0 saturated carbocycles. The van der Waals surface area contributed by atoms with Gasteiger partial charge >= 0.3 is 0 Å². The lowest BCUT2D eigenvalue weighted by Gasteiger charge is -2.29. The highest BCUT2D eigenvalue weighted by molar-refractivity contribution is 4.80. The van der Waals surface area contributed by atoms with E-state index in [9.17, 15) is 4.39 Å². The van der Waals surface area contributed by atoms with E-state index < -0.39 is 6.17 Å². The molecular weight excluding hydrogens is 143 g/mol. The summed E-state index contributed by atoms with van der Waals surface area (Å²) in [5.74, 6) is 0. The molecule has 2 N–H and O–H groups in total. The minimum atomic E-state index is -0.777. The predicted octanol–water partition coefficient (Wildman–Crippen LogP) is 1.01. The average molecular weight is 162 g/mol. The Labute approximate surface area is 68.6 Å². The second-order valence-electron chi connectivity index (χ2n) is 2.73. The van der Waals surface area contributed by atoms with Crippen molar-refractivity contribution >= 4 is 0 Å². The van der Waals surface area contributed by atoms with Gasteiger partial charge in [-0.1, -0.05) is 13.8 Å². The number of likely N-dealkylation sites (N-methyl/N-ethyl adjacent to an activating group) is 1. The first-order chi connectivity index (χ1) is 5.20. The highest BCUT2D eigenvalue weighted by Gasteiger charge is 2.23. The number of nitrogens with two attached hydrogens (primary N) is 1. The maximum atomic E-state index is 12.6. The smallest absolute Gasteiger partial charge is 0.118 e. The maximum absolute atomic E-state index is 12.6. The molecule has 0 aliphatic carbocycles. The number of halogens is 1. The van der Waals surface area contributed by atoms with Crippen LogP contribution in [0.5, 0.6) is 0 Å². The second-order valence-corrected chi connectivity index (χ2v) is 2.73. The summed E-state index contributed by atoms with van der Waals surface area (Å²) in [5, 5.41) is 0. The molecule has 2 atom stereocenters. The number of piperidine rings is 1. The van der Waals surface area contributed by atoms with Crippen LogP contribution < -0.4 is 5.73 Å². The first-order valence-corrected chi connectivity index (χ1v) is 4.28. The van der Waals surface area contributed by atoms with Gasteiger partial charge in [-0.15, -0.1) is 0 Å². The van der Waals surface area contributed by atoms with Gasteiger partial charge in [0.25, 0.3) is 0 Å². The van der Waals surface area contributed by atoms with Crippen molar-refractivity contribution in [1.82, 2.24) is 4.90 Å². The van der Waals surface area contributed by atoms with E-state index >= 15 is 0 Å². The van der Waals surface area contributed by atoms with Gasteiger partial charge in [0.05, 0.1) is 0 Å². The SMILES string of the molecule is CC.CN1CCC(F)C(N)C1. The Morgan fingerprint density at radius 2 is 2.00 bits per heavy atom. The Hall–Kier alpha value is -0.150. The van der Waals surface area contributed by atoms with E-state index in [1.54, 1.807) is 0 Å². The van der Waals surface area contributed by atoms with E-state index in [2.05, 4.69) is 4.90 Å². The molecule has 0 aromatic carbocycles. The van der Waals surface area contributed by atoms with Gasteiger partial charge in [0, 0.05) is 19.1 Å². The van der Waals surface area contributed by atoms with E-state index in [4.69, 9.17) is 5.73 Å². The van der Waals surface area contributed by atoms with Crippen LogP contribution in [0.15, 0.2) is 0 Å². The van der Waals surface area contributed by atoms with Crippen molar-refractivity contribution in [2.75, 3.05) is 20.1 Å². The zero-order chi connectivity index (χ0) is 8.85. The summed E-state index contributed by atoms with van der Waals surface area (Å²) in [6, 6.07) is -0.260. The molecule has 0 amide bonds. The highest BCUT2D eigenvalue weighted by Crippen LogP contribution is 2.10. The third-order valence-corrected chi connectivity index (χ3v) is 1.77. The fraction of sp³-hybridized carbons (Fsp3) is 1.00. The van der Waals surface area contributed by atoms with E-state index in [0.29, 0.717) is 13.0 Å². The van der Waals surface area contributed by atoms with Crippen molar-refractivity contribution in [2.45, 2.75) is 32.5 Å². The standard InChI is InChI=1S/C6H13FN2.C2H6/c1-9-3-2-5(7)6(8)4-9;1-2/h5-6H,2-4,8H2,1H3;1-2H3. The van der Waals surface area contributed by atoms with Gasteiger partial charge in [0.2, 0.25) is 0 Å². The fourth-order valence-electron chi connectivity index (χ4n) is 1.12. The molecule has 0 spiro atoms. The van der Waals surface area contributed by atoms with Crippen molar-refractivity contribution in [3.8, 4) is 0 Å². The number of hydrogen-bond donors (Lipinski definition) is 1. The number of likely N-dealkylation sites (tertiary alicyclic amines) is 1. The Morgan fingerprint density at radius 3 is 2.36 bits per heavy atom. The third-order valence-electron chi connectivity index (χ3n) is 1.77. The monoisotopic (exact) mass is 162 g/mol. The van der Waals surface area contributed by atoms with Gasteiger partial charge in [-0.05, 0) is 13.5 Å². The summed E-state index contributed by atoms with van der Waals surface area (Å²) in [6.07, 6.45) is -0.182. The normalized spacial score (nSPS) is 32.5. The van der Waals surface area contributed by atoms with Crippen molar-refractivity contribution in [2.24, 2.45) is 5.73 Å². The van der Waals surface area contributed by atoms with E-state index in [0.717, 1.165) is 6.54 Å². The molecule has 2 nitrogen and oxygen atoms in total. The Kier molecular flexibility index (Phi) is 5.42. The summed E-state index contributed by atoms with van der Waals surface area (Å²) in [4.78, 5) is 2.06. The van der Waals surface area contributed by atoms with Crippen LogP contribution in [-0.2, 0) is 0 Å². The van der Waals surface area contributed by atoms with Gasteiger partial charge in [-0.25, -0.2) is 4.39 Å². The molecule has 1 aliphatic rings. The van der Waals surface area contributed by atoms with Gasteiger partial charge in [0.15, 0.2) is 0 Å². The van der Waals surface area contributed by atoms with Gasteiger partial charge < -0.3 is 10.6 Å². The zero-order valence-corrected chi connectivity index (χ0v) is 7.68. The third kappa shape index (κ3) is 3.68. The zero-order valence-electron chi connectivity index (χ0n) is 7.68. The maximum Gasteiger partial charge on any atom is 0.118 e. The molecule has 2 unspecified atom stereocenters. The number of alkyl halides is 1. The lowest BCUT2D eigenvalue weighted by atomic mass is 10.1. The topological polar surface area (TPSA) is 29.3 Å². The summed E-state index contributed by atoms with van der Waals surface area (Å²) < 4.78 is 12.6. The average Bonchev–Trinajstić information content (AvgIpc) is 2.02. The molecule has 1 fully saturated rings. The Morgan fingerprint density at radius 1 is 1.45 bits per heavy atom. The van der Waals surface area contributed by atoms with Crippen LogP contribution in [-0.4, -0.2) is 37.3 Å². The van der Waals surface area contributed by atoms with Crippen molar-refractivity contribution < 1.29 is 4.39 Å². The second kappa shape index (κ2) is 5.49. The van der Waals surface area contributed by atoms with Crippen LogP contribution in [0, 0.1) is 0 Å². The van der Waals surface area contributed by atoms with Crippen LogP contribution in [0.4, 0.5) is 4.39 Å². The molecule has 0 bridgehead atoms. The summed E-state index contributed by atoms with van der Waals surface area (Å²) >= 11 is 0. The number of rotatable bonds is 0. The van der Waals surface area contributed by atoms with Gasteiger partial charge in [-0.3, -0.25) is 0 Å². The first-order valence-electron chi connectivity index (χ1n) is 4.28. The van der Waals surface area contributed by atoms with Gasteiger partial charge in [0.1, 0.15) is 6.17 Å². The Balaban J connectivity index is 0.000000461. The summed E-state index contributed by atoms with van der Waals surface area (Å²) in [6.45, 7) is 5.54. The minimum absolute atomic E-state index is 0.260. The lowest BCUT2D eigenvalue weighted by molar-refractivity contribution is 0.148. The number of nitrogens with zero attached hydrogens (tertiary/aromatic N) is 1. The van der Waals surface area contributed by atoms with Gasteiger partial charge in [-0.2, -0.15) is 0 Å². The predicted molar refractivity (Wildman–Crippen MR) is 46.3 cm³/mol. The van der Waals surface area contributed by atoms with Crippen LogP contribution in [0.2, 0.25) is 0 Å². The molecule has 1 aliphatic heterocycles.